The maximum atomic E-state index is 5.26. The molecule has 2 nitrogen and oxygen atoms in total. The lowest BCUT2D eigenvalue weighted by molar-refractivity contribution is 0.219. The molecule has 0 aromatic carbocycles. The van der Waals surface area contributed by atoms with Gasteiger partial charge in [0.2, 0.25) is 0 Å². The van der Waals surface area contributed by atoms with Gasteiger partial charge in [0, 0.05) is 32.1 Å². The van der Waals surface area contributed by atoms with Gasteiger partial charge >= 0.3 is 0 Å². The van der Waals surface area contributed by atoms with Crippen LogP contribution in [0, 0.1) is 24.7 Å². The fourth-order valence-corrected chi connectivity index (χ4v) is 1.77. The van der Waals surface area contributed by atoms with Crippen molar-refractivity contribution in [2.24, 2.45) is 0 Å². The van der Waals surface area contributed by atoms with Crippen LogP contribution in [0.1, 0.15) is 19.3 Å². The number of hydrogen-bond donors (Lipinski definition) is 1. The second kappa shape index (κ2) is 6.49. The lowest BCUT2D eigenvalue weighted by Crippen LogP contribution is -2.42. The van der Waals surface area contributed by atoms with Crippen molar-refractivity contribution in [1.82, 2.24) is 10.2 Å². The van der Waals surface area contributed by atoms with E-state index in [-0.39, 0.29) is 0 Å². The highest BCUT2D eigenvalue weighted by Gasteiger charge is 2.17. The van der Waals surface area contributed by atoms with E-state index in [1.807, 2.05) is 0 Å². The number of piperidine rings is 1. The molecule has 0 bridgehead atoms. The first-order chi connectivity index (χ1) is 6.86. The van der Waals surface area contributed by atoms with Crippen molar-refractivity contribution in [2.45, 2.75) is 25.3 Å². The molecule has 0 saturated carbocycles. The predicted molar refractivity (Wildman–Crippen MR) is 59.7 cm³/mol. The van der Waals surface area contributed by atoms with E-state index in [4.69, 9.17) is 12.8 Å². The van der Waals surface area contributed by atoms with E-state index in [1.54, 1.807) is 0 Å². The Morgan fingerprint density at radius 2 is 1.93 bits per heavy atom. The smallest absolute Gasteiger partial charge is 0.0598 e. The summed E-state index contributed by atoms with van der Waals surface area (Å²) in [5.41, 5.74) is 0. The summed E-state index contributed by atoms with van der Waals surface area (Å²) in [4.78, 5) is 2.32. The topological polar surface area (TPSA) is 15.3 Å². The number of nitrogens with one attached hydrogen (secondary N) is 1. The molecule has 76 valence electrons. The van der Waals surface area contributed by atoms with Crippen molar-refractivity contribution in [1.29, 1.82) is 0 Å². The Balaban J connectivity index is 2.11. The Morgan fingerprint density at radius 1 is 1.21 bits per heavy atom. The minimum Gasteiger partial charge on any atom is -0.313 e. The molecular weight excluding hydrogens is 172 g/mol. The highest BCUT2D eigenvalue weighted by atomic mass is 15.1. The van der Waals surface area contributed by atoms with Gasteiger partial charge in [0.05, 0.1) is 6.54 Å². The second-order valence-corrected chi connectivity index (χ2v) is 3.66. The molecule has 1 heterocycles. The predicted octanol–water partition coefficient (Wildman–Crippen LogP) is 0.697. The normalized spacial score (nSPS) is 18.7. The van der Waals surface area contributed by atoms with Crippen LogP contribution in [-0.2, 0) is 0 Å². The molecule has 14 heavy (non-hydrogen) atoms. The Hall–Kier alpha value is -0.960. The van der Waals surface area contributed by atoms with Gasteiger partial charge in [-0.15, -0.1) is 18.8 Å². The summed E-state index contributed by atoms with van der Waals surface area (Å²) >= 11 is 0. The van der Waals surface area contributed by atoms with Crippen LogP contribution >= 0.6 is 0 Å². The molecule has 1 rings (SSSR count). The summed E-state index contributed by atoms with van der Waals surface area (Å²) < 4.78 is 0. The first-order valence-corrected chi connectivity index (χ1v) is 5.19. The molecule has 1 fully saturated rings. The highest BCUT2D eigenvalue weighted by molar-refractivity contribution is 4.91. The molecule has 0 radical (unpaired) electrons. The second-order valence-electron chi connectivity index (χ2n) is 3.66. The molecule has 0 amide bonds. The molecule has 0 unspecified atom stereocenters. The van der Waals surface area contributed by atoms with E-state index >= 15 is 0 Å². The van der Waals surface area contributed by atoms with E-state index in [9.17, 15) is 0 Å². The van der Waals surface area contributed by atoms with Gasteiger partial charge in [0.15, 0.2) is 0 Å². The quantitative estimate of drug-likeness (QED) is 0.518. The Bertz CT molecular complexity index is 226. The average Bonchev–Trinajstić information content (AvgIpc) is 2.21. The molecule has 0 atom stereocenters. The first-order valence-electron chi connectivity index (χ1n) is 5.19. The lowest BCUT2D eigenvalue weighted by Gasteiger charge is -2.31. The maximum Gasteiger partial charge on any atom is 0.0598 e. The van der Waals surface area contributed by atoms with Crippen LogP contribution < -0.4 is 5.32 Å². The Kier molecular flexibility index (Phi) is 5.15. The van der Waals surface area contributed by atoms with Gasteiger partial charge in [0.1, 0.15) is 0 Å². The van der Waals surface area contributed by atoms with Gasteiger partial charge in [-0.1, -0.05) is 5.92 Å². The van der Waals surface area contributed by atoms with Gasteiger partial charge in [-0.2, -0.15) is 0 Å². The zero-order chi connectivity index (χ0) is 10.2. The number of rotatable bonds is 4. The van der Waals surface area contributed by atoms with E-state index in [2.05, 4.69) is 22.1 Å². The van der Waals surface area contributed by atoms with Crippen molar-refractivity contribution in [3.63, 3.8) is 0 Å². The highest BCUT2D eigenvalue weighted by Crippen LogP contribution is 2.09. The molecule has 1 saturated heterocycles. The third-order valence-corrected chi connectivity index (χ3v) is 2.60. The summed E-state index contributed by atoms with van der Waals surface area (Å²) in [5.74, 6) is 5.32. The SMILES string of the molecule is C#CCCNC1CCN(CC#C)CC1. The van der Waals surface area contributed by atoms with Gasteiger partial charge < -0.3 is 5.32 Å². The number of nitrogens with zero attached hydrogens (tertiary/aromatic N) is 1. The van der Waals surface area contributed by atoms with Gasteiger partial charge in [0.25, 0.3) is 0 Å². The monoisotopic (exact) mass is 190 g/mol. The molecule has 0 aliphatic carbocycles. The van der Waals surface area contributed by atoms with Crippen LogP contribution in [0.3, 0.4) is 0 Å². The molecule has 0 aromatic rings. The summed E-state index contributed by atoms with van der Waals surface area (Å²) in [6.07, 6.45) is 13.6. The largest absolute Gasteiger partial charge is 0.313 e. The summed E-state index contributed by atoms with van der Waals surface area (Å²) in [6.45, 7) is 3.95. The van der Waals surface area contributed by atoms with Crippen molar-refractivity contribution < 1.29 is 0 Å². The molecule has 1 N–H and O–H groups in total. The molecule has 0 spiro atoms. The van der Waals surface area contributed by atoms with Crippen molar-refractivity contribution in [3.05, 3.63) is 0 Å². The van der Waals surface area contributed by atoms with Crippen LogP contribution in [0.5, 0.6) is 0 Å². The average molecular weight is 190 g/mol. The molecular formula is C12H18N2. The fraction of sp³-hybridized carbons (Fsp3) is 0.667. The standard InChI is InChI=1S/C12H18N2/c1-3-5-8-13-12-6-10-14(9-4-2)11-7-12/h1-2,12-13H,5-11H2. The zero-order valence-electron chi connectivity index (χ0n) is 8.63. The molecule has 1 aliphatic rings. The van der Waals surface area contributed by atoms with Crippen molar-refractivity contribution in [3.8, 4) is 24.7 Å². The third kappa shape index (κ3) is 3.83. The number of likely N-dealkylation sites (tertiary alicyclic amines) is 1. The van der Waals surface area contributed by atoms with Crippen molar-refractivity contribution >= 4 is 0 Å². The Morgan fingerprint density at radius 3 is 2.50 bits per heavy atom. The van der Waals surface area contributed by atoms with E-state index in [0.29, 0.717) is 6.04 Å². The van der Waals surface area contributed by atoms with Crippen LogP contribution in [-0.4, -0.2) is 37.1 Å². The lowest BCUT2D eigenvalue weighted by atomic mass is 10.1. The third-order valence-electron chi connectivity index (χ3n) is 2.60. The first kappa shape index (κ1) is 11.1. The Labute approximate surface area is 87.1 Å². The van der Waals surface area contributed by atoms with Crippen LogP contribution in [0.25, 0.3) is 0 Å². The fourth-order valence-electron chi connectivity index (χ4n) is 1.77. The zero-order valence-corrected chi connectivity index (χ0v) is 8.63. The minimum absolute atomic E-state index is 0.636. The summed E-state index contributed by atoms with van der Waals surface area (Å²) in [7, 11) is 0. The maximum absolute atomic E-state index is 5.26. The molecule has 0 aromatic heterocycles. The minimum atomic E-state index is 0.636. The van der Waals surface area contributed by atoms with Crippen LogP contribution in [0.2, 0.25) is 0 Å². The molecule has 1 aliphatic heterocycles. The van der Waals surface area contributed by atoms with E-state index in [1.165, 1.54) is 12.8 Å². The summed E-state index contributed by atoms with van der Waals surface area (Å²) in [5, 5.41) is 3.46. The summed E-state index contributed by atoms with van der Waals surface area (Å²) in [6, 6.07) is 0.636. The number of hydrogen-bond acceptors (Lipinski definition) is 2. The van der Waals surface area contributed by atoms with E-state index in [0.717, 1.165) is 32.6 Å². The van der Waals surface area contributed by atoms with Crippen LogP contribution in [0.15, 0.2) is 0 Å². The van der Waals surface area contributed by atoms with Gasteiger partial charge in [-0.3, -0.25) is 4.90 Å². The van der Waals surface area contributed by atoms with Crippen LogP contribution in [0.4, 0.5) is 0 Å². The van der Waals surface area contributed by atoms with Gasteiger partial charge in [-0.05, 0) is 12.8 Å². The molecule has 2 heteroatoms. The van der Waals surface area contributed by atoms with Gasteiger partial charge in [-0.25, -0.2) is 0 Å². The number of terminal acetylenes is 2. The van der Waals surface area contributed by atoms with Crippen molar-refractivity contribution in [2.75, 3.05) is 26.2 Å². The van der Waals surface area contributed by atoms with E-state index < -0.39 is 0 Å².